The highest BCUT2D eigenvalue weighted by molar-refractivity contribution is 9.10. The topological polar surface area (TPSA) is 45.0 Å². The van der Waals surface area contributed by atoms with Crippen LogP contribution in [0.3, 0.4) is 0 Å². The minimum atomic E-state index is -0.538. The average Bonchev–Trinajstić information content (AvgIpc) is 2.47. The molecule has 0 heterocycles. The van der Waals surface area contributed by atoms with Crippen LogP contribution in [0.2, 0.25) is 5.02 Å². The summed E-state index contributed by atoms with van der Waals surface area (Å²) in [4.78, 5) is 0. The third kappa shape index (κ3) is 3.12. The monoisotopic (exact) mass is 368 g/mol. The molecule has 1 N–H and O–H groups in total. The summed E-state index contributed by atoms with van der Waals surface area (Å²) in [6, 6.07) is 8.38. The van der Waals surface area contributed by atoms with Crippen LogP contribution in [0, 0.1) is 24.1 Å². The molecule has 2 rings (SSSR count). The fraction of sp³-hybridized carbons (Fsp3) is 0.133. The molecule has 108 valence electrons. The van der Waals surface area contributed by atoms with Crippen molar-refractivity contribution in [2.75, 3.05) is 12.4 Å². The number of hydrogen-bond acceptors (Lipinski definition) is 3. The van der Waals surface area contributed by atoms with Crippen LogP contribution >= 0.6 is 27.5 Å². The van der Waals surface area contributed by atoms with E-state index in [1.807, 2.05) is 13.0 Å². The number of benzene rings is 2. The molecule has 0 aliphatic carbocycles. The number of nitrogens with one attached hydrogen (secondary N) is 1. The Kier molecular flexibility index (Phi) is 4.71. The second-order valence-electron chi connectivity index (χ2n) is 4.33. The SMILES string of the molecule is COc1cc(Cl)c(C)cc1Nc1ccc(C#N)c(Br)c1F. The molecule has 0 fully saturated rings. The quantitative estimate of drug-likeness (QED) is 0.811. The van der Waals surface area contributed by atoms with E-state index < -0.39 is 5.82 Å². The molecule has 6 heteroatoms. The Labute approximate surface area is 135 Å². The van der Waals surface area contributed by atoms with Crippen LogP contribution in [0.5, 0.6) is 5.75 Å². The Balaban J connectivity index is 2.46. The Morgan fingerprint density at radius 1 is 1.33 bits per heavy atom. The lowest BCUT2D eigenvalue weighted by molar-refractivity contribution is 0.416. The zero-order valence-corrected chi connectivity index (χ0v) is 13.6. The van der Waals surface area contributed by atoms with Crippen molar-refractivity contribution in [3.8, 4) is 11.8 Å². The molecule has 0 atom stereocenters. The molecule has 2 aromatic carbocycles. The van der Waals surface area contributed by atoms with E-state index in [0.29, 0.717) is 16.5 Å². The standard InChI is InChI=1S/C15H11BrClFN2O/c1-8-5-12(13(21-2)6-10(8)17)20-11-4-3-9(7-19)14(16)15(11)18/h3-6,20H,1-2H3. The summed E-state index contributed by atoms with van der Waals surface area (Å²) in [6.07, 6.45) is 0. The van der Waals surface area contributed by atoms with Crippen molar-refractivity contribution in [1.29, 1.82) is 5.26 Å². The first-order chi connectivity index (χ1) is 9.97. The summed E-state index contributed by atoms with van der Waals surface area (Å²) in [5.41, 5.74) is 1.90. The van der Waals surface area contributed by atoms with E-state index in [1.165, 1.54) is 19.2 Å². The van der Waals surface area contributed by atoms with Crippen molar-refractivity contribution in [3.05, 3.63) is 50.7 Å². The van der Waals surface area contributed by atoms with Crippen molar-refractivity contribution in [2.45, 2.75) is 6.92 Å². The number of hydrogen-bond donors (Lipinski definition) is 1. The molecule has 0 aliphatic heterocycles. The van der Waals surface area contributed by atoms with E-state index >= 15 is 0 Å². The highest BCUT2D eigenvalue weighted by Gasteiger charge is 2.14. The minimum Gasteiger partial charge on any atom is -0.495 e. The number of nitrogens with zero attached hydrogens (tertiary/aromatic N) is 1. The van der Waals surface area contributed by atoms with E-state index in [2.05, 4.69) is 21.2 Å². The Bertz CT molecular complexity index is 743. The molecule has 21 heavy (non-hydrogen) atoms. The second-order valence-corrected chi connectivity index (χ2v) is 5.53. The molecule has 0 unspecified atom stereocenters. The van der Waals surface area contributed by atoms with Gasteiger partial charge in [-0.3, -0.25) is 0 Å². The van der Waals surface area contributed by atoms with Gasteiger partial charge in [0.25, 0.3) is 0 Å². The van der Waals surface area contributed by atoms with Crippen molar-refractivity contribution >= 4 is 38.9 Å². The molecule has 0 aromatic heterocycles. The molecule has 0 amide bonds. The first-order valence-electron chi connectivity index (χ1n) is 5.97. The lowest BCUT2D eigenvalue weighted by Crippen LogP contribution is -1.99. The zero-order valence-electron chi connectivity index (χ0n) is 11.3. The largest absolute Gasteiger partial charge is 0.495 e. The molecule has 0 spiro atoms. The van der Waals surface area contributed by atoms with Crippen molar-refractivity contribution in [1.82, 2.24) is 0 Å². The molecule has 0 bridgehead atoms. The minimum absolute atomic E-state index is 0.125. The maximum Gasteiger partial charge on any atom is 0.162 e. The number of aryl methyl sites for hydroxylation is 1. The van der Waals surface area contributed by atoms with Gasteiger partial charge in [0.05, 0.1) is 28.5 Å². The van der Waals surface area contributed by atoms with Gasteiger partial charge in [-0.25, -0.2) is 4.39 Å². The lowest BCUT2D eigenvalue weighted by atomic mass is 10.1. The normalized spacial score (nSPS) is 10.1. The maximum absolute atomic E-state index is 14.2. The van der Waals surface area contributed by atoms with Gasteiger partial charge in [-0.15, -0.1) is 0 Å². The molecule has 0 saturated heterocycles. The van der Waals surface area contributed by atoms with E-state index in [4.69, 9.17) is 21.6 Å². The lowest BCUT2D eigenvalue weighted by Gasteiger charge is -2.14. The van der Waals surface area contributed by atoms with E-state index in [9.17, 15) is 4.39 Å². The van der Waals surface area contributed by atoms with Gasteiger partial charge in [0, 0.05) is 11.1 Å². The van der Waals surface area contributed by atoms with Gasteiger partial charge in [-0.1, -0.05) is 11.6 Å². The van der Waals surface area contributed by atoms with E-state index in [1.54, 1.807) is 12.1 Å². The predicted octanol–water partition coefficient (Wildman–Crippen LogP) is 5.17. The molecular formula is C15H11BrClFN2O. The van der Waals surface area contributed by atoms with E-state index in [-0.39, 0.29) is 15.7 Å². The number of halogens is 3. The van der Waals surface area contributed by atoms with Crippen LogP contribution in [0.15, 0.2) is 28.7 Å². The zero-order chi connectivity index (χ0) is 15.6. The number of methoxy groups -OCH3 is 1. The smallest absolute Gasteiger partial charge is 0.162 e. The molecule has 0 radical (unpaired) electrons. The van der Waals surface area contributed by atoms with Crippen LogP contribution in [-0.4, -0.2) is 7.11 Å². The third-order valence-corrected chi connectivity index (χ3v) is 4.14. The maximum atomic E-state index is 14.2. The van der Waals surface area contributed by atoms with E-state index in [0.717, 1.165) is 5.56 Å². The van der Waals surface area contributed by atoms with Crippen LogP contribution in [0.1, 0.15) is 11.1 Å². The van der Waals surface area contributed by atoms with Crippen molar-refractivity contribution < 1.29 is 9.13 Å². The van der Waals surface area contributed by atoms with Gasteiger partial charge in [0.2, 0.25) is 0 Å². The number of anilines is 2. The van der Waals surface area contributed by atoms with Gasteiger partial charge < -0.3 is 10.1 Å². The average molecular weight is 370 g/mol. The van der Waals surface area contributed by atoms with Gasteiger partial charge in [-0.05, 0) is 46.6 Å². The summed E-state index contributed by atoms with van der Waals surface area (Å²) < 4.78 is 19.6. The Hall–Kier alpha value is -1.77. The van der Waals surface area contributed by atoms with Crippen LogP contribution < -0.4 is 10.1 Å². The third-order valence-electron chi connectivity index (χ3n) is 2.95. The summed E-state index contributed by atoms with van der Waals surface area (Å²) in [6.45, 7) is 1.85. The van der Waals surface area contributed by atoms with Crippen LogP contribution in [-0.2, 0) is 0 Å². The Morgan fingerprint density at radius 2 is 2.05 bits per heavy atom. The predicted molar refractivity (Wildman–Crippen MR) is 84.8 cm³/mol. The fourth-order valence-electron chi connectivity index (χ4n) is 1.81. The molecule has 0 saturated carbocycles. The molecule has 2 aromatic rings. The summed E-state index contributed by atoms with van der Waals surface area (Å²) in [5, 5.41) is 12.4. The summed E-state index contributed by atoms with van der Waals surface area (Å²) in [7, 11) is 1.51. The first-order valence-corrected chi connectivity index (χ1v) is 7.14. The number of nitriles is 1. The number of ether oxygens (including phenoxy) is 1. The van der Waals surface area contributed by atoms with Gasteiger partial charge >= 0.3 is 0 Å². The summed E-state index contributed by atoms with van der Waals surface area (Å²) >= 11 is 9.11. The van der Waals surface area contributed by atoms with Crippen molar-refractivity contribution in [2.24, 2.45) is 0 Å². The van der Waals surface area contributed by atoms with Crippen molar-refractivity contribution in [3.63, 3.8) is 0 Å². The fourth-order valence-corrected chi connectivity index (χ4v) is 2.40. The van der Waals surface area contributed by atoms with Crippen LogP contribution in [0.25, 0.3) is 0 Å². The highest BCUT2D eigenvalue weighted by Crippen LogP contribution is 2.35. The molecular weight excluding hydrogens is 359 g/mol. The Morgan fingerprint density at radius 3 is 2.67 bits per heavy atom. The molecule has 3 nitrogen and oxygen atoms in total. The summed E-state index contributed by atoms with van der Waals surface area (Å²) in [5.74, 6) is -0.0332. The van der Waals surface area contributed by atoms with Gasteiger partial charge in [0.15, 0.2) is 5.82 Å². The van der Waals surface area contributed by atoms with Gasteiger partial charge in [0.1, 0.15) is 11.8 Å². The first kappa shape index (κ1) is 15.6. The number of rotatable bonds is 3. The van der Waals surface area contributed by atoms with Crippen LogP contribution in [0.4, 0.5) is 15.8 Å². The molecule has 0 aliphatic rings. The second kappa shape index (κ2) is 6.33. The highest BCUT2D eigenvalue weighted by atomic mass is 79.9. The van der Waals surface area contributed by atoms with Gasteiger partial charge in [-0.2, -0.15) is 5.26 Å².